The summed E-state index contributed by atoms with van der Waals surface area (Å²) in [5.41, 5.74) is 8.37. The quantitative estimate of drug-likeness (QED) is 0.722. The normalized spacial score (nSPS) is 13.1. The van der Waals surface area contributed by atoms with Crippen molar-refractivity contribution >= 4 is 0 Å². The molecule has 1 unspecified atom stereocenters. The number of unbranched alkanes of at least 4 members (excludes halogenated alkanes) is 1. The van der Waals surface area contributed by atoms with Crippen LogP contribution in [0.25, 0.3) is 0 Å². The van der Waals surface area contributed by atoms with Crippen molar-refractivity contribution in [3.8, 4) is 0 Å². The maximum absolute atomic E-state index is 5.55. The first-order chi connectivity index (χ1) is 7.65. The zero-order valence-corrected chi connectivity index (χ0v) is 10.9. The summed E-state index contributed by atoms with van der Waals surface area (Å²) in [6, 6.07) is 8.99. The van der Waals surface area contributed by atoms with Crippen LogP contribution in [0.2, 0.25) is 0 Å². The van der Waals surface area contributed by atoms with E-state index in [0.717, 1.165) is 13.0 Å². The van der Waals surface area contributed by atoms with E-state index < -0.39 is 0 Å². The lowest BCUT2D eigenvalue weighted by Crippen LogP contribution is -2.08. The van der Waals surface area contributed by atoms with E-state index in [0.29, 0.717) is 11.8 Å². The van der Waals surface area contributed by atoms with Crippen LogP contribution in [0, 0.1) is 12.8 Å². The summed E-state index contributed by atoms with van der Waals surface area (Å²) in [6.45, 7) is 7.58. The average Bonchev–Trinajstić information content (AvgIpc) is 2.26. The van der Waals surface area contributed by atoms with Gasteiger partial charge < -0.3 is 5.73 Å². The molecular weight excluding hydrogens is 194 g/mol. The van der Waals surface area contributed by atoms with Crippen molar-refractivity contribution in [3.63, 3.8) is 0 Å². The first-order valence-corrected chi connectivity index (χ1v) is 6.41. The molecule has 2 N–H and O–H groups in total. The van der Waals surface area contributed by atoms with Crippen molar-refractivity contribution in [2.75, 3.05) is 6.54 Å². The highest BCUT2D eigenvalue weighted by atomic mass is 14.5. The second-order valence-electron chi connectivity index (χ2n) is 5.05. The van der Waals surface area contributed by atoms with E-state index in [1.165, 1.54) is 24.0 Å². The van der Waals surface area contributed by atoms with E-state index >= 15 is 0 Å². The van der Waals surface area contributed by atoms with Gasteiger partial charge in [-0.25, -0.2) is 0 Å². The van der Waals surface area contributed by atoms with E-state index in [1.807, 2.05) is 0 Å². The first kappa shape index (κ1) is 13.2. The SMILES string of the molecule is Cc1ccc(C(CCCCN)C(C)C)cc1. The fraction of sp³-hybridized carbons (Fsp3) is 0.600. The van der Waals surface area contributed by atoms with Crippen molar-refractivity contribution in [1.29, 1.82) is 0 Å². The summed E-state index contributed by atoms with van der Waals surface area (Å²) in [7, 11) is 0. The Morgan fingerprint density at radius 1 is 1.06 bits per heavy atom. The third-order valence-electron chi connectivity index (χ3n) is 3.28. The molecule has 90 valence electrons. The van der Waals surface area contributed by atoms with Gasteiger partial charge in [-0.2, -0.15) is 0 Å². The predicted octanol–water partition coefficient (Wildman–Crippen LogP) is 3.86. The van der Waals surface area contributed by atoms with Crippen LogP contribution in [0.4, 0.5) is 0 Å². The van der Waals surface area contributed by atoms with Gasteiger partial charge in [0.1, 0.15) is 0 Å². The predicted molar refractivity (Wildman–Crippen MR) is 71.7 cm³/mol. The van der Waals surface area contributed by atoms with E-state index in [1.54, 1.807) is 0 Å². The minimum atomic E-state index is 0.687. The Bertz CT molecular complexity index is 287. The second kappa shape index (κ2) is 6.70. The molecular formula is C15H25N. The van der Waals surface area contributed by atoms with Crippen LogP contribution >= 0.6 is 0 Å². The lowest BCUT2D eigenvalue weighted by Gasteiger charge is -2.21. The summed E-state index contributed by atoms with van der Waals surface area (Å²) >= 11 is 0. The van der Waals surface area contributed by atoms with E-state index in [9.17, 15) is 0 Å². The van der Waals surface area contributed by atoms with Gasteiger partial charge in [-0.05, 0) is 43.7 Å². The van der Waals surface area contributed by atoms with E-state index in [2.05, 4.69) is 45.0 Å². The Hall–Kier alpha value is -0.820. The highest BCUT2D eigenvalue weighted by molar-refractivity contribution is 5.24. The van der Waals surface area contributed by atoms with Crippen molar-refractivity contribution in [2.45, 2.75) is 46.0 Å². The molecule has 0 bridgehead atoms. The monoisotopic (exact) mass is 219 g/mol. The van der Waals surface area contributed by atoms with Gasteiger partial charge in [-0.15, -0.1) is 0 Å². The van der Waals surface area contributed by atoms with Gasteiger partial charge in [-0.1, -0.05) is 50.1 Å². The summed E-state index contributed by atoms with van der Waals surface area (Å²) in [5.74, 6) is 1.40. The van der Waals surface area contributed by atoms with Gasteiger partial charge in [0.15, 0.2) is 0 Å². The van der Waals surface area contributed by atoms with Crippen LogP contribution in [0.1, 0.15) is 50.2 Å². The number of hydrogen-bond acceptors (Lipinski definition) is 1. The molecule has 0 aliphatic rings. The molecule has 0 aliphatic heterocycles. The number of nitrogens with two attached hydrogens (primary N) is 1. The molecule has 1 aromatic rings. The highest BCUT2D eigenvalue weighted by Gasteiger charge is 2.14. The molecule has 0 heterocycles. The number of hydrogen-bond donors (Lipinski definition) is 1. The minimum absolute atomic E-state index is 0.687. The van der Waals surface area contributed by atoms with Gasteiger partial charge in [0.25, 0.3) is 0 Å². The van der Waals surface area contributed by atoms with Crippen molar-refractivity contribution < 1.29 is 0 Å². The molecule has 0 fully saturated rings. The van der Waals surface area contributed by atoms with Gasteiger partial charge in [0, 0.05) is 0 Å². The molecule has 0 saturated carbocycles. The molecule has 0 aliphatic carbocycles. The van der Waals surface area contributed by atoms with Gasteiger partial charge >= 0.3 is 0 Å². The highest BCUT2D eigenvalue weighted by Crippen LogP contribution is 2.29. The summed E-state index contributed by atoms with van der Waals surface area (Å²) in [5, 5.41) is 0. The standard InChI is InChI=1S/C15H25N/c1-12(2)15(6-4-5-11-16)14-9-7-13(3)8-10-14/h7-10,12,15H,4-6,11,16H2,1-3H3. The smallest absolute Gasteiger partial charge is 0.00773 e. The van der Waals surface area contributed by atoms with Crippen LogP contribution in [0.5, 0.6) is 0 Å². The Kier molecular flexibility index (Phi) is 5.54. The van der Waals surface area contributed by atoms with Crippen LogP contribution < -0.4 is 5.73 Å². The van der Waals surface area contributed by atoms with Crippen LogP contribution in [0.15, 0.2) is 24.3 Å². The van der Waals surface area contributed by atoms with Gasteiger partial charge in [0.05, 0.1) is 0 Å². The molecule has 0 saturated heterocycles. The molecule has 0 spiro atoms. The minimum Gasteiger partial charge on any atom is -0.330 e. The van der Waals surface area contributed by atoms with Crippen molar-refractivity contribution in [2.24, 2.45) is 11.7 Å². The van der Waals surface area contributed by atoms with Crippen LogP contribution in [-0.2, 0) is 0 Å². The second-order valence-corrected chi connectivity index (χ2v) is 5.05. The van der Waals surface area contributed by atoms with Crippen molar-refractivity contribution in [3.05, 3.63) is 35.4 Å². The first-order valence-electron chi connectivity index (χ1n) is 6.41. The Morgan fingerprint density at radius 2 is 1.69 bits per heavy atom. The Labute approximate surface area is 100 Å². The van der Waals surface area contributed by atoms with Crippen LogP contribution in [0.3, 0.4) is 0 Å². The van der Waals surface area contributed by atoms with Crippen molar-refractivity contribution in [1.82, 2.24) is 0 Å². The maximum atomic E-state index is 5.55. The Morgan fingerprint density at radius 3 is 2.19 bits per heavy atom. The largest absolute Gasteiger partial charge is 0.330 e. The fourth-order valence-corrected chi connectivity index (χ4v) is 2.21. The number of aryl methyl sites for hydroxylation is 1. The Balaban J connectivity index is 2.65. The third-order valence-corrected chi connectivity index (χ3v) is 3.28. The molecule has 1 heteroatoms. The number of rotatable bonds is 6. The zero-order chi connectivity index (χ0) is 12.0. The van der Waals surface area contributed by atoms with Gasteiger partial charge in [0.2, 0.25) is 0 Å². The molecule has 1 aromatic carbocycles. The molecule has 0 amide bonds. The maximum Gasteiger partial charge on any atom is -0.00773 e. The van der Waals surface area contributed by atoms with E-state index in [-0.39, 0.29) is 0 Å². The van der Waals surface area contributed by atoms with Gasteiger partial charge in [-0.3, -0.25) is 0 Å². The zero-order valence-electron chi connectivity index (χ0n) is 10.9. The lowest BCUT2D eigenvalue weighted by atomic mass is 9.84. The average molecular weight is 219 g/mol. The van der Waals surface area contributed by atoms with Crippen LogP contribution in [-0.4, -0.2) is 6.54 Å². The lowest BCUT2D eigenvalue weighted by molar-refractivity contribution is 0.450. The molecule has 0 aromatic heterocycles. The molecule has 1 rings (SSSR count). The summed E-state index contributed by atoms with van der Waals surface area (Å²) < 4.78 is 0. The number of benzene rings is 1. The molecule has 1 atom stereocenters. The molecule has 16 heavy (non-hydrogen) atoms. The fourth-order valence-electron chi connectivity index (χ4n) is 2.21. The topological polar surface area (TPSA) is 26.0 Å². The molecule has 0 radical (unpaired) electrons. The summed E-state index contributed by atoms with van der Waals surface area (Å²) in [4.78, 5) is 0. The summed E-state index contributed by atoms with van der Waals surface area (Å²) in [6.07, 6.45) is 3.65. The third kappa shape index (κ3) is 3.97. The van der Waals surface area contributed by atoms with E-state index in [4.69, 9.17) is 5.73 Å². The molecule has 1 nitrogen and oxygen atoms in total.